The van der Waals surface area contributed by atoms with Crippen LogP contribution in [0.5, 0.6) is 0 Å². The lowest BCUT2D eigenvalue weighted by Crippen LogP contribution is -2.47. The first-order chi connectivity index (χ1) is 18.4. The minimum absolute atomic E-state index is 0.0627. The summed E-state index contributed by atoms with van der Waals surface area (Å²) in [5, 5.41) is 0. The molecule has 0 fully saturated rings. The van der Waals surface area contributed by atoms with Gasteiger partial charge in [0.2, 0.25) is 0 Å². The van der Waals surface area contributed by atoms with E-state index in [1.807, 2.05) is 0 Å². The molecule has 1 unspecified atom stereocenters. The predicted molar refractivity (Wildman–Crippen MR) is 122 cm³/mol. The zero-order chi connectivity index (χ0) is 30.2. The van der Waals surface area contributed by atoms with Crippen molar-refractivity contribution < 1.29 is 58.6 Å². The molecule has 0 aromatic heterocycles. The summed E-state index contributed by atoms with van der Waals surface area (Å²) in [7, 11) is 0.896. The van der Waals surface area contributed by atoms with Gasteiger partial charge in [0, 0.05) is 12.6 Å². The van der Waals surface area contributed by atoms with Gasteiger partial charge in [0.1, 0.15) is 0 Å². The molecule has 2 atom stereocenters. The summed E-state index contributed by atoms with van der Waals surface area (Å²) in [5.41, 5.74) is -5.32. The highest BCUT2D eigenvalue weighted by atomic mass is 19.4. The quantitative estimate of drug-likeness (QED) is 0.343. The van der Waals surface area contributed by atoms with E-state index in [0.29, 0.717) is 24.3 Å². The van der Waals surface area contributed by atoms with Crippen LogP contribution in [0.1, 0.15) is 54.1 Å². The van der Waals surface area contributed by atoms with E-state index < -0.39 is 71.6 Å². The summed E-state index contributed by atoms with van der Waals surface area (Å²) >= 11 is 0. The number of carbonyl (C=O) groups is 2. The Balaban J connectivity index is 2.20. The number of amides is 2. The summed E-state index contributed by atoms with van der Waals surface area (Å²) in [6.45, 7) is 2.05. The maximum Gasteiger partial charge on any atom is 0.416 e. The molecule has 3 rings (SSSR count). The first kappa shape index (κ1) is 30.9. The van der Waals surface area contributed by atoms with Gasteiger partial charge in [0.05, 0.1) is 42.1 Å². The monoisotopic (exact) mass is 586 g/mol. The number of benzene rings is 2. The number of halogens is 9. The second-order valence-corrected chi connectivity index (χ2v) is 8.95. The molecule has 2 aromatic carbocycles. The van der Waals surface area contributed by atoms with Crippen molar-refractivity contribution in [3.8, 4) is 0 Å². The molecule has 0 N–H and O–H groups in total. The van der Waals surface area contributed by atoms with Crippen LogP contribution in [0.3, 0.4) is 0 Å². The van der Waals surface area contributed by atoms with Crippen molar-refractivity contribution in [1.29, 1.82) is 0 Å². The fourth-order valence-electron chi connectivity index (χ4n) is 4.50. The van der Waals surface area contributed by atoms with Crippen LogP contribution in [0.2, 0.25) is 0 Å². The molecule has 220 valence electrons. The van der Waals surface area contributed by atoms with E-state index in [1.165, 1.54) is 13.8 Å². The fraction of sp³-hybridized carbons (Fsp3) is 0.440. The van der Waals surface area contributed by atoms with Crippen molar-refractivity contribution in [2.24, 2.45) is 0 Å². The molecule has 1 heterocycles. The first-order valence-electron chi connectivity index (χ1n) is 11.7. The molecule has 2 aromatic rings. The Bertz CT molecular complexity index is 1230. The number of rotatable bonds is 4. The number of methoxy groups -OCH3 is 1. The lowest BCUT2D eigenvalue weighted by Gasteiger charge is -2.42. The lowest BCUT2D eigenvalue weighted by molar-refractivity contribution is -0.143. The van der Waals surface area contributed by atoms with Gasteiger partial charge in [-0.3, -0.25) is 9.80 Å². The van der Waals surface area contributed by atoms with Crippen LogP contribution < -0.4 is 4.90 Å². The molecule has 2 amide bonds. The molecule has 1 aliphatic heterocycles. The van der Waals surface area contributed by atoms with Crippen LogP contribution >= 0.6 is 0 Å². The van der Waals surface area contributed by atoms with Crippen LogP contribution in [0.4, 0.5) is 54.8 Å². The van der Waals surface area contributed by atoms with Gasteiger partial charge in [-0.1, -0.05) is 0 Å². The number of hydrogen-bond donors (Lipinski definition) is 0. The summed E-state index contributed by atoms with van der Waals surface area (Å²) < 4.78 is 131. The Morgan fingerprint density at radius 1 is 0.900 bits per heavy atom. The van der Waals surface area contributed by atoms with Crippen molar-refractivity contribution in [3.63, 3.8) is 0 Å². The highest BCUT2D eigenvalue weighted by Gasteiger charge is 2.42. The zero-order valence-corrected chi connectivity index (χ0v) is 21.2. The number of anilines is 1. The van der Waals surface area contributed by atoms with E-state index in [4.69, 9.17) is 9.47 Å². The number of carbonyl (C=O) groups excluding carboxylic acids is 2. The summed E-state index contributed by atoms with van der Waals surface area (Å²) in [6.07, 6.45) is -17.5. The molecular weight excluding hydrogens is 563 g/mol. The van der Waals surface area contributed by atoms with Gasteiger partial charge in [0.25, 0.3) is 0 Å². The minimum atomic E-state index is -5.17. The molecule has 1 aliphatic rings. The highest BCUT2D eigenvalue weighted by molar-refractivity contribution is 5.90. The normalized spacial score (nSPS) is 17.8. The highest BCUT2D eigenvalue weighted by Crippen LogP contribution is 2.45. The van der Waals surface area contributed by atoms with Gasteiger partial charge >= 0.3 is 30.7 Å². The van der Waals surface area contributed by atoms with E-state index in [-0.39, 0.29) is 30.3 Å². The third-order valence-corrected chi connectivity index (χ3v) is 6.23. The maximum atomic E-state index is 13.6. The molecule has 0 radical (unpaired) electrons. The standard InChI is InChI=1S/C25H23F9N2O4/c1-4-40-22(38)36-13(2)7-20(18-11-15(23(26,27)28)5-6-19(18)36)35(21(37)39-3)12-14-8-16(24(29,30)31)10-17(9-14)25(32,33)34/h5-6,8-11,13,20H,4,7,12H2,1-3H3/t13?,20-/m0/s1. The Morgan fingerprint density at radius 3 is 1.93 bits per heavy atom. The van der Waals surface area contributed by atoms with Crippen molar-refractivity contribution in [2.45, 2.75) is 57.4 Å². The van der Waals surface area contributed by atoms with Gasteiger partial charge in [0.15, 0.2) is 0 Å². The average Bonchev–Trinajstić information content (AvgIpc) is 2.84. The molecule has 15 heteroatoms. The first-order valence-corrected chi connectivity index (χ1v) is 11.7. The summed E-state index contributed by atoms with van der Waals surface area (Å²) in [4.78, 5) is 27.3. The molecule has 0 saturated carbocycles. The average molecular weight is 586 g/mol. The maximum absolute atomic E-state index is 13.6. The lowest BCUT2D eigenvalue weighted by atomic mass is 9.89. The molecular formula is C25H23F9N2O4. The van der Waals surface area contributed by atoms with Gasteiger partial charge in [-0.05, 0) is 67.8 Å². The second kappa shape index (κ2) is 11.1. The topological polar surface area (TPSA) is 59.1 Å². The van der Waals surface area contributed by atoms with Crippen LogP contribution in [0.25, 0.3) is 0 Å². The Labute approximate surface area is 222 Å². The molecule has 0 spiro atoms. The van der Waals surface area contributed by atoms with E-state index >= 15 is 0 Å². The largest absolute Gasteiger partial charge is 0.453 e. The van der Waals surface area contributed by atoms with E-state index in [9.17, 15) is 49.1 Å². The molecule has 0 saturated heterocycles. The molecule has 6 nitrogen and oxygen atoms in total. The van der Waals surface area contributed by atoms with Gasteiger partial charge in [-0.2, -0.15) is 39.5 Å². The van der Waals surface area contributed by atoms with Crippen LogP contribution in [0, 0.1) is 0 Å². The van der Waals surface area contributed by atoms with Crippen molar-refractivity contribution in [3.05, 3.63) is 64.2 Å². The zero-order valence-electron chi connectivity index (χ0n) is 21.2. The number of alkyl halides is 9. The number of hydrogen-bond acceptors (Lipinski definition) is 4. The molecule has 0 bridgehead atoms. The minimum Gasteiger partial charge on any atom is -0.453 e. The van der Waals surface area contributed by atoms with Crippen molar-refractivity contribution in [2.75, 3.05) is 18.6 Å². The fourth-order valence-corrected chi connectivity index (χ4v) is 4.50. The second-order valence-electron chi connectivity index (χ2n) is 8.95. The Hall–Kier alpha value is -3.65. The van der Waals surface area contributed by atoms with E-state index in [2.05, 4.69) is 0 Å². The van der Waals surface area contributed by atoms with E-state index in [0.717, 1.165) is 23.0 Å². The Kier molecular flexibility index (Phi) is 8.56. The number of fused-ring (bicyclic) bond motifs is 1. The van der Waals surface area contributed by atoms with Crippen LogP contribution in [-0.4, -0.2) is 36.8 Å². The molecule has 0 aliphatic carbocycles. The summed E-state index contributed by atoms with van der Waals surface area (Å²) in [6, 6.07) is 0.940. The third kappa shape index (κ3) is 6.55. The predicted octanol–water partition coefficient (Wildman–Crippen LogP) is 7.81. The Morgan fingerprint density at radius 2 is 1.45 bits per heavy atom. The van der Waals surface area contributed by atoms with Gasteiger partial charge < -0.3 is 9.47 Å². The van der Waals surface area contributed by atoms with Crippen LogP contribution in [-0.2, 0) is 34.5 Å². The smallest absolute Gasteiger partial charge is 0.416 e. The van der Waals surface area contributed by atoms with Gasteiger partial charge in [-0.15, -0.1) is 0 Å². The van der Waals surface area contributed by atoms with Crippen molar-refractivity contribution >= 4 is 17.9 Å². The molecule has 40 heavy (non-hydrogen) atoms. The van der Waals surface area contributed by atoms with E-state index in [1.54, 1.807) is 0 Å². The summed E-state index contributed by atoms with van der Waals surface area (Å²) in [5.74, 6) is 0. The third-order valence-electron chi connectivity index (χ3n) is 6.23. The number of ether oxygens (including phenoxy) is 2. The van der Waals surface area contributed by atoms with Crippen LogP contribution in [0.15, 0.2) is 36.4 Å². The SMILES string of the molecule is CCOC(=O)N1c2ccc(C(F)(F)F)cc2[C@@H](N(Cc2cc(C(F)(F)F)cc(C(F)(F)F)c2)C(=O)OC)CC1C. The van der Waals surface area contributed by atoms with Gasteiger partial charge in [-0.25, -0.2) is 9.59 Å². The number of nitrogens with zero attached hydrogens (tertiary/aromatic N) is 2. The van der Waals surface area contributed by atoms with Crippen molar-refractivity contribution in [1.82, 2.24) is 4.90 Å².